The van der Waals surface area contributed by atoms with Gasteiger partial charge >= 0.3 is 21.1 Å². The van der Waals surface area contributed by atoms with Gasteiger partial charge < -0.3 is 9.13 Å². The molecule has 7 aromatic carbocycles. The molecule has 0 aliphatic rings. The van der Waals surface area contributed by atoms with Crippen molar-refractivity contribution in [3.05, 3.63) is 198 Å². The van der Waals surface area contributed by atoms with Crippen LogP contribution in [0.25, 0.3) is 94.4 Å². The second-order valence-corrected chi connectivity index (χ2v) is 17.6. The van der Waals surface area contributed by atoms with E-state index in [2.05, 4.69) is 225 Å². The predicted molar refractivity (Wildman–Crippen MR) is 257 cm³/mol. The van der Waals surface area contributed by atoms with Crippen molar-refractivity contribution in [1.82, 2.24) is 23.9 Å². The zero-order valence-corrected chi connectivity index (χ0v) is 38.4. The summed E-state index contributed by atoms with van der Waals surface area (Å²) in [5.74, 6) is 0.879. The van der Waals surface area contributed by atoms with Crippen LogP contribution in [0.15, 0.2) is 164 Å². The molecule has 0 amide bonds. The second kappa shape index (κ2) is 15.5. The molecule has 0 fully saturated rings. The van der Waals surface area contributed by atoms with Gasteiger partial charge in [-0.05, 0) is 89.2 Å². The molecule has 4 heterocycles. The maximum atomic E-state index is 5.56. The van der Waals surface area contributed by atoms with Crippen LogP contribution in [-0.4, -0.2) is 23.9 Å². The number of benzene rings is 7. The van der Waals surface area contributed by atoms with Crippen LogP contribution in [0.4, 0.5) is 0 Å². The van der Waals surface area contributed by atoms with Crippen LogP contribution in [0, 0.1) is 32.9 Å². The minimum atomic E-state index is -0.0305. The third-order valence-corrected chi connectivity index (χ3v) is 12.4. The van der Waals surface area contributed by atoms with E-state index in [9.17, 15) is 0 Å². The van der Waals surface area contributed by atoms with Gasteiger partial charge in [-0.15, -0.1) is 35.0 Å². The maximum absolute atomic E-state index is 5.56. The number of pyridine rings is 1. The molecule has 5 nitrogen and oxygen atoms in total. The zero-order valence-electron chi connectivity index (χ0n) is 36.1. The number of nitrogens with zero attached hydrogens (tertiary/aromatic N) is 5. The fourth-order valence-corrected chi connectivity index (χ4v) is 9.58. The van der Waals surface area contributed by atoms with E-state index in [1.165, 1.54) is 33.2 Å². The van der Waals surface area contributed by atoms with E-state index in [4.69, 9.17) is 10.1 Å². The van der Waals surface area contributed by atoms with E-state index in [0.717, 1.165) is 83.5 Å². The van der Waals surface area contributed by atoms with Crippen molar-refractivity contribution in [2.24, 2.45) is 0 Å². The molecule has 63 heavy (non-hydrogen) atoms. The normalized spacial score (nSPS) is 11.8. The molecule has 11 aromatic rings. The monoisotopic (exact) mass is 994 g/mol. The topological polar surface area (TPSA) is 40.6 Å². The molecule has 308 valence electrons. The smallest absolute Gasteiger partial charge is 0.358 e. The average Bonchev–Trinajstić information content (AvgIpc) is 3.94. The summed E-state index contributed by atoms with van der Waals surface area (Å²) in [6.45, 7) is 13.3. The second-order valence-electron chi connectivity index (χ2n) is 17.6. The molecule has 0 aliphatic heterocycles. The van der Waals surface area contributed by atoms with Gasteiger partial charge in [0.05, 0.1) is 5.69 Å². The van der Waals surface area contributed by atoms with Crippen molar-refractivity contribution >= 4 is 43.6 Å². The van der Waals surface area contributed by atoms with E-state index in [1.807, 2.05) is 6.20 Å². The summed E-state index contributed by atoms with van der Waals surface area (Å²) in [6, 6.07) is 64.1. The molecular weight excluding hydrogens is 950 g/mol. The predicted octanol–water partition coefficient (Wildman–Crippen LogP) is 14.3. The summed E-state index contributed by atoms with van der Waals surface area (Å²) in [5.41, 5.74) is 17.2. The first-order chi connectivity index (χ1) is 30.1. The first-order valence-electron chi connectivity index (χ1n) is 21.3. The van der Waals surface area contributed by atoms with Crippen molar-refractivity contribution in [2.45, 2.75) is 47.0 Å². The molecule has 0 saturated carbocycles. The number of para-hydroxylation sites is 2. The van der Waals surface area contributed by atoms with Gasteiger partial charge in [0, 0.05) is 33.9 Å². The SMILES string of the molecule is Cc1cc(C)c(-c2c(-c3ccccc3)nn(-c3[c-]c4c(cc3)c3ccccc3n4-c3[c-]c4c(cc3)c3ccccc3n4-c3cc(C(C)(C)C)ccn3)c2-c2ccccc2)c(C)c1.[Pt+2]. The van der Waals surface area contributed by atoms with Gasteiger partial charge in [-0.1, -0.05) is 152 Å². The number of hydrogen-bond acceptors (Lipinski definition) is 2. The fraction of sp³-hybridized carbons (Fsp3) is 0.123. The van der Waals surface area contributed by atoms with Crippen LogP contribution >= 0.6 is 0 Å². The van der Waals surface area contributed by atoms with Gasteiger partial charge in [0.2, 0.25) is 0 Å². The number of rotatable bonds is 6. The van der Waals surface area contributed by atoms with E-state index < -0.39 is 0 Å². The third-order valence-electron chi connectivity index (χ3n) is 12.4. The molecule has 11 rings (SSSR count). The van der Waals surface area contributed by atoms with Gasteiger partial charge in [-0.25, -0.2) is 4.98 Å². The van der Waals surface area contributed by atoms with Crippen molar-refractivity contribution in [2.75, 3.05) is 0 Å². The van der Waals surface area contributed by atoms with Gasteiger partial charge in [0.15, 0.2) is 0 Å². The zero-order chi connectivity index (χ0) is 42.3. The number of aryl methyl sites for hydroxylation is 3. The molecule has 0 radical (unpaired) electrons. The van der Waals surface area contributed by atoms with Gasteiger partial charge in [0.1, 0.15) is 11.5 Å². The molecular formula is C57H45N5Pt. The maximum Gasteiger partial charge on any atom is 2.00 e. The Morgan fingerprint density at radius 1 is 0.508 bits per heavy atom. The van der Waals surface area contributed by atoms with E-state index in [0.29, 0.717) is 0 Å². The molecule has 0 N–H and O–H groups in total. The summed E-state index contributed by atoms with van der Waals surface area (Å²) < 4.78 is 6.70. The van der Waals surface area contributed by atoms with Crippen LogP contribution in [0.5, 0.6) is 0 Å². The molecule has 0 spiro atoms. The summed E-state index contributed by atoms with van der Waals surface area (Å²) in [6.07, 6.45) is 1.93. The molecule has 4 aromatic heterocycles. The summed E-state index contributed by atoms with van der Waals surface area (Å²) in [7, 11) is 0. The number of fused-ring (bicyclic) bond motifs is 6. The Bertz CT molecular complexity index is 3510. The van der Waals surface area contributed by atoms with Crippen molar-refractivity contribution in [3.63, 3.8) is 0 Å². The Morgan fingerprint density at radius 2 is 1.05 bits per heavy atom. The summed E-state index contributed by atoms with van der Waals surface area (Å²) >= 11 is 0. The largest absolute Gasteiger partial charge is 2.00 e. The fourth-order valence-electron chi connectivity index (χ4n) is 9.58. The molecule has 0 atom stereocenters. The Kier molecular flexibility index (Phi) is 9.92. The summed E-state index contributed by atoms with van der Waals surface area (Å²) in [4.78, 5) is 4.95. The van der Waals surface area contributed by atoms with Crippen LogP contribution in [0.3, 0.4) is 0 Å². The average molecular weight is 995 g/mol. The van der Waals surface area contributed by atoms with Gasteiger partial charge in [-0.2, -0.15) is 17.2 Å². The Hall–Kier alpha value is -6.81. The first-order valence-corrected chi connectivity index (χ1v) is 21.3. The van der Waals surface area contributed by atoms with Gasteiger partial charge in [0.25, 0.3) is 0 Å². The molecule has 0 saturated heterocycles. The molecule has 0 unspecified atom stereocenters. The molecule has 6 heteroatoms. The Labute approximate surface area is 382 Å². The first kappa shape index (κ1) is 40.3. The number of hydrogen-bond donors (Lipinski definition) is 0. The molecule has 0 aliphatic carbocycles. The van der Waals surface area contributed by atoms with Crippen LogP contribution in [-0.2, 0) is 26.5 Å². The Balaban J connectivity index is 0.00000471. The minimum absolute atomic E-state index is 0. The summed E-state index contributed by atoms with van der Waals surface area (Å²) in [5, 5.41) is 10.1. The minimum Gasteiger partial charge on any atom is -0.358 e. The van der Waals surface area contributed by atoms with Gasteiger partial charge in [-0.3, -0.25) is 4.68 Å². The molecule has 0 bridgehead atoms. The van der Waals surface area contributed by atoms with Crippen molar-refractivity contribution in [1.29, 1.82) is 0 Å². The van der Waals surface area contributed by atoms with Crippen LogP contribution in [0.2, 0.25) is 0 Å². The van der Waals surface area contributed by atoms with Crippen LogP contribution in [0.1, 0.15) is 43.0 Å². The van der Waals surface area contributed by atoms with Crippen LogP contribution < -0.4 is 0 Å². The van der Waals surface area contributed by atoms with E-state index >= 15 is 0 Å². The third kappa shape index (κ3) is 6.65. The Morgan fingerprint density at radius 3 is 1.68 bits per heavy atom. The van der Waals surface area contributed by atoms with Crippen molar-refractivity contribution in [3.8, 4) is 50.8 Å². The van der Waals surface area contributed by atoms with Crippen molar-refractivity contribution < 1.29 is 21.1 Å². The van der Waals surface area contributed by atoms with E-state index in [1.54, 1.807) is 0 Å². The van der Waals surface area contributed by atoms with E-state index in [-0.39, 0.29) is 26.5 Å². The number of aromatic nitrogens is 5. The standard InChI is InChI=1S/C57H45N5.Pt/c1-36-31-37(2)53(38(3)32-36)54-55(39-17-9-7-10-18-39)59-62(56(54)40-19-11-8-12-20-40)43-26-28-46-44-21-13-15-23-48(44)60(50(46)35-43)42-25-27-47-45-22-14-16-24-49(45)61(51(47)34-42)52-33-41(29-30-58-52)57(4,5)6;/h7-33H,1-6H3;/q-2;+2. The quantitative estimate of drug-likeness (QED) is 0.156.